The number of benzene rings is 1. The lowest BCUT2D eigenvalue weighted by molar-refractivity contribution is -0.121. The monoisotopic (exact) mass is 311 g/mol. The minimum absolute atomic E-state index is 0.130. The second-order valence-corrected chi connectivity index (χ2v) is 6.14. The van der Waals surface area contributed by atoms with E-state index in [-0.39, 0.29) is 11.8 Å². The molecule has 1 saturated carbocycles. The van der Waals surface area contributed by atoms with Crippen LogP contribution < -0.4 is 11.1 Å². The lowest BCUT2D eigenvalue weighted by atomic mass is 9.83. The van der Waals surface area contributed by atoms with Crippen LogP contribution in [0, 0.1) is 5.92 Å². The van der Waals surface area contributed by atoms with Crippen molar-refractivity contribution in [3.05, 3.63) is 42.1 Å². The number of carbonyl (C=O) groups excluding carboxylic acids is 2. The molecule has 0 saturated heterocycles. The first-order valence-corrected chi connectivity index (χ1v) is 8.11. The van der Waals surface area contributed by atoms with Gasteiger partial charge < -0.3 is 11.1 Å². The molecule has 120 valence electrons. The molecule has 1 atom stereocenters. The topological polar surface area (TPSA) is 85.1 Å². The van der Waals surface area contributed by atoms with Crippen molar-refractivity contribution in [1.29, 1.82) is 0 Å². The van der Waals surface area contributed by atoms with E-state index in [4.69, 9.17) is 5.73 Å². The predicted molar refractivity (Wildman–Crippen MR) is 88.8 cm³/mol. The number of aromatic nitrogens is 1. The third-order valence-corrected chi connectivity index (χ3v) is 4.55. The Morgan fingerprint density at radius 1 is 1.09 bits per heavy atom. The molecule has 23 heavy (non-hydrogen) atoms. The summed E-state index contributed by atoms with van der Waals surface area (Å²) in [5, 5.41) is 3.77. The zero-order chi connectivity index (χ0) is 16.2. The van der Waals surface area contributed by atoms with Crippen LogP contribution in [0.15, 0.2) is 36.4 Å². The number of nitrogens with two attached hydrogens (primary N) is 1. The molecule has 1 aliphatic rings. The molecule has 5 heteroatoms. The van der Waals surface area contributed by atoms with E-state index in [2.05, 4.69) is 10.3 Å². The van der Waals surface area contributed by atoms with Crippen LogP contribution in [0.2, 0.25) is 0 Å². The molecule has 2 amide bonds. The summed E-state index contributed by atoms with van der Waals surface area (Å²) in [4.78, 5) is 28.6. The van der Waals surface area contributed by atoms with Gasteiger partial charge in [-0.15, -0.1) is 0 Å². The predicted octanol–water partition coefficient (Wildman–Crippen LogP) is 2.40. The summed E-state index contributed by atoms with van der Waals surface area (Å²) < 4.78 is 0. The van der Waals surface area contributed by atoms with Gasteiger partial charge in [-0.25, -0.2) is 4.98 Å². The van der Waals surface area contributed by atoms with Crippen molar-refractivity contribution in [1.82, 2.24) is 10.3 Å². The Bertz CT molecular complexity index is 723. The molecule has 2 aromatic rings. The van der Waals surface area contributed by atoms with E-state index in [0.29, 0.717) is 5.69 Å². The smallest absolute Gasteiger partial charge is 0.270 e. The molecule has 1 aromatic carbocycles. The molecule has 3 N–H and O–H groups in total. The number of pyridine rings is 1. The van der Waals surface area contributed by atoms with Gasteiger partial charge in [0.15, 0.2) is 0 Å². The maximum Gasteiger partial charge on any atom is 0.270 e. The van der Waals surface area contributed by atoms with Gasteiger partial charge >= 0.3 is 0 Å². The molecule has 0 unspecified atom stereocenters. The van der Waals surface area contributed by atoms with Crippen molar-refractivity contribution in [2.75, 3.05) is 0 Å². The van der Waals surface area contributed by atoms with Crippen molar-refractivity contribution >= 4 is 22.7 Å². The van der Waals surface area contributed by atoms with Crippen LogP contribution in [0.4, 0.5) is 0 Å². The van der Waals surface area contributed by atoms with Gasteiger partial charge in [0.25, 0.3) is 5.91 Å². The Morgan fingerprint density at radius 2 is 1.83 bits per heavy atom. The summed E-state index contributed by atoms with van der Waals surface area (Å²) in [6, 6.07) is 10.5. The molecular weight excluding hydrogens is 290 g/mol. The Labute approximate surface area is 135 Å². The number of nitrogens with one attached hydrogen (secondary N) is 1. The van der Waals surface area contributed by atoms with Crippen LogP contribution in [-0.2, 0) is 4.79 Å². The van der Waals surface area contributed by atoms with Crippen LogP contribution >= 0.6 is 0 Å². The van der Waals surface area contributed by atoms with E-state index in [1.54, 1.807) is 6.07 Å². The van der Waals surface area contributed by atoms with Crippen LogP contribution in [0.1, 0.15) is 42.6 Å². The van der Waals surface area contributed by atoms with Gasteiger partial charge in [0.2, 0.25) is 5.91 Å². The molecule has 1 aliphatic carbocycles. The molecule has 0 radical (unpaired) electrons. The number of nitrogens with zero attached hydrogens (tertiary/aromatic N) is 1. The highest BCUT2D eigenvalue weighted by Crippen LogP contribution is 2.26. The van der Waals surface area contributed by atoms with Crippen molar-refractivity contribution in [2.45, 2.75) is 38.1 Å². The number of carbonyl (C=O) groups is 2. The number of primary amides is 1. The highest BCUT2D eigenvalue weighted by molar-refractivity contribution is 5.97. The Balaban J connectivity index is 1.78. The number of amides is 2. The van der Waals surface area contributed by atoms with E-state index in [1.165, 1.54) is 6.42 Å². The molecule has 0 spiro atoms. The van der Waals surface area contributed by atoms with Crippen molar-refractivity contribution in [3.8, 4) is 0 Å². The maximum atomic E-state index is 12.5. The van der Waals surface area contributed by atoms with E-state index < -0.39 is 11.9 Å². The first kappa shape index (κ1) is 15.5. The fraction of sp³-hybridized carbons (Fsp3) is 0.389. The van der Waals surface area contributed by atoms with E-state index in [0.717, 1.165) is 36.6 Å². The fourth-order valence-corrected chi connectivity index (χ4v) is 3.30. The standard InChI is InChI=1S/C18H21N3O2/c19-17(22)16(13-7-2-1-3-8-13)21-18(23)15-11-10-12-6-4-5-9-14(12)20-15/h4-6,9-11,13,16H,1-3,7-8H2,(H2,19,22)(H,21,23)/t16-/m0/s1. The average molecular weight is 311 g/mol. The second kappa shape index (κ2) is 6.77. The highest BCUT2D eigenvalue weighted by Gasteiger charge is 2.29. The summed E-state index contributed by atoms with van der Waals surface area (Å²) in [7, 11) is 0. The van der Waals surface area contributed by atoms with Crippen LogP contribution in [0.3, 0.4) is 0 Å². The molecule has 1 heterocycles. The van der Waals surface area contributed by atoms with Crippen molar-refractivity contribution in [2.24, 2.45) is 11.7 Å². The Morgan fingerprint density at radius 3 is 2.57 bits per heavy atom. The lowest BCUT2D eigenvalue weighted by Gasteiger charge is -2.28. The first-order chi connectivity index (χ1) is 11.1. The molecule has 0 aliphatic heterocycles. The fourth-order valence-electron chi connectivity index (χ4n) is 3.30. The zero-order valence-electron chi connectivity index (χ0n) is 13.0. The molecular formula is C18H21N3O2. The number of hydrogen-bond donors (Lipinski definition) is 2. The van der Waals surface area contributed by atoms with E-state index >= 15 is 0 Å². The largest absolute Gasteiger partial charge is 0.368 e. The summed E-state index contributed by atoms with van der Waals surface area (Å²) in [6.07, 6.45) is 5.21. The minimum Gasteiger partial charge on any atom is -0.368 e. The van der Waals surface area contributed by atoms with Crippen LogP contribution in [0.25, 0.3) is 10.9 Å². The zero-order valence-corrected chi connectivity index (χ0v) is 13.0. The number of fused-ring (bicyclic) bond motifs is 1. The van der Waals surface area contributed by atoms with Gasteiger partial charge in [-0.1, -0.05) is 43.5 Å². The Hall–Kier alpha value is -2.43. The Kier molecular flexibility index (Phi) is 4.55. The SMILES string of the molecule is NC(=O)[C@@H](NC(=O)c1ccc2ccccc2n1)C1CCCCC1. The minimum atomic E-state index is -0.615. The lowest BCUT2D eigenvalue weighted by Crippen LogP contribution is -2.49. The number of para-hydroxylation sites is 1. The van der Waals surface area contributed by atoms with Crippen molar-refractivity contribution in [3.63, 3.8) is 0 Å². The quantitative estimate of drug-likeness (QED) is 0.909. The van der Waals surface area contributed by atoms with Gasteiger partial charge in [0.05, 0.1) is 5.52 Å². The van der Waals surface area contributed by atoms with Gasteiger partial charge in [-0.2, -0.15) is 0 Å². The number of hydrogen-bond acceptors (Lipinski definition) is 3. The summed E-state index contributed by atoms with van der Waals surface area (Å²) in [5.74, 6) is -0.679. The van der Waals surface area contributed by atoms with E-state index in [9.17, 15) is 9.59 Å². The van der Waals surface area contributed by atoms with Crippen LogP contribution in [-0.4, -0.2) is 22.8 Å². The van der Waals surface area contributed by atoms with Gasteiger partial charge in [0.1, 0.15) is 11.7 Å². The van der Waals surface area contributed by atoms with Crippen LogP contribution in [0.5, 0.6) is 0 Å². The van der Waals surface area contributed by atoms with E-state index in [1.807, 2.05) is 30.3 Å². The summed E-state index contributed by atoms with van der Waals surface area (Å²) in [6.45, 7) is 0. The van der Waals surface area contributed by atoms with Gasteiger partial charge in [-0.3, -0.25) is 9.59 Å². The first-order valence-electron chi connectivity index (χ1n) is 8.11. The average Bonchev–Trinajstić information content (AvgIpc) is 2.59. The van der Waals surface area contributed by atoms with Crippen molar-refractivity contribution < 1.29 is 9.59 Å². The third kappa shape index (κ3) is 3.50. The molecule has 3 rings (SSSR count). The molecule has 1 aromatic heterocycles. The molecule has 0 bridgehead atoms. The van der Waals surface area contributed by atoms with Gasteiger partial charge in [0, 0.05) is 5.39 Å². The third-order valence-electron chi connectivity index (χ3n) is 4.55. The highest BCUT2D eigenvalue weighted by atomic mass is 16.2. The summed E-state index contributed by atoms with van der Waals surface area (Å²) in [5.41, 5.74) is 6.58. The molecule has 1 fully saturated rings. The maximum absolute atomic E-state index is 12.5. The number of rotatable bonds is 4. The molecule has 5 nitrogen and oxygen atoms in total. The van der Waals surface area contributed by atoms with Gasteiger partial charge in [-0.05, 0) is 30.9 Å². The second-order valence-electron chi connectivity index (χ2n) is 6.14. The normalized spacial score (nSPS) is 16.9. The summed E-state index contributed by atoms with van der Waals surface area (Å²) >= 11 is 0.